The molecule has 3 rings (SSSR count). The summed E-state index contributed by atoms with van der Waals surface area (Å²) < 4.78 is 11.1. The molecule has 2 amide bonds. The summed E-state index contributed by atoms with van der Waals surface area (Å²) in [5.74, 6) is 0.888. The maximum Gasteiger partial charge on any atom is 0.298 e. The van der Waals surface area contributed by atoms with Crippen LogP contribution in [-0.4, -0.2) is 24.4 Å². The lowest BCUT2D eigenvalue weighted by atomic mass is 10.1. The monoisotopic (exact) mass is 369 g/mol. The molecule has 2 aromatic carbocycles. The summed E-state index contributed by atoms with van der Waals surface area (Å²) in [4.78, 5) is 26.5. The smallest absolute Gasteiger partial charge is 0.298 e. The van der Waals surface area contributed by atoms with Crippen molar-refractivity contribution in [1.29, 1.82) is 0 Å². The topological polar surface area (TPSA) is 55.8 Å². The van der Waals surface area contributed by atoms with Gasteiger partial charge in [0.25, 0.3) is 11.1 Å². The van der Waals surface area contributed by atoms with E-state index in [2.05, 4.69) is 0 Å². The predicted molar refractivity (Wildman–Crippen MR) is 104 cm³/mol. The first-order valence-corrected chi connectivity index (χ1v) is 8.99. The molecule has 0 aromatic heterocycles. The summed E-state index contributed by atoms with van der Waals surface area (Å²) in [5.41, 5.74) is 1.33. The van der Waals surface area contributed by atoms with Crippen LogP contribution in [0.1, 0.15) is 19.4 Å². The van der Waals surface area contributed by atoms with Crippen LogP contribution in [-0.2, 0) is 4.79 Å². The lowest BCUT2D eigenvalue weighted by molar-refractivity contribution is -0.113. The first-order chi connectivity index (χ1) is 12.5. The molecule has 0 saturated carbocycles. The number of carbonyl (C=O) groups is 2. The van der Waals surface area contributed by atoms with Crippen LogP contribution in [0.25, 0.3) is 6.08 Å². The number of hydrogen-bond acceptors (Lipinski definition) is 5. The van der Waals surface area contributed by atoms with Crippen molar-refractivity contribution in [3.05, 3.63) is 59.0 Å². The minimum absolute atomic E-state index is 0.0251. The molecule has 0 N–H and O–H groups in total. The molecule has 0 spiro atoms. The van der Waals surface area contributed by atoms with Crippen LogP contribution in [0.4, 0.5) is 10.5 Å². The second-order valence-corrected chi connectivity index (χ2v) is 6.92. The molecule has 0 unspecified atom stereocenters. The fraction of sp³-hybridized carbons (Fsp3) is 0.200. The van der Waals surface area contributed by atoms with E-state index in [1.54, 1.807) is 49.6 Å². The highest BCUT2D eigenvalue weighted by Gasteiger charge is 2.36. The third-order valence-corrected chi connectivity index (χ3v) is 4.53. The molecule has 26 heavy (non-hydrogen) atoms. The van der Waals surface area contributed by atoms with Crippen molar-refractivity contribution in [2.45, 2.75) is 20.0 Å². The minimum atomic E-state index is -0.326. The van der Waals surface area contributed by atoms with Crippen molar-refractivity contribution < 1.29 is 19.1 Å². The van der Waals surface area contributed by atoms with Crippen LogP contribution in [0.5, 0.6) is 11.5 Å². The molecule has 1 aliphatic heterocycles. The Morgan fingerprint density at radius 2 is 1.77 bits per heavy atom. The summed E-state index contributed by atoms with van der Waals surface area (Å²) in [5, 5.41) is -0.306. The summed E-state index contributed by atoms with van der Waals surface area (Å²) in [6.07, 6.45) is 1.72. The fourth-order valence-corrected chi connectivity index (χ4v) is 3.39. The number of ether oxygens (including phenoxy) is 2. The average molecular weight is 369 g/mol. The van der Waals surface area contributed by atoms with Crippen molar-refractivity contribution in [2.75, 3.05) is 12.0 Å². The van der Waals surface area contributed by atoms with Gasteiger partial charge >= 0.3 is 0 Å². The second-order valence-electron chi connectivity index (χ2n) is 5.93. The van der Waals surface area contributed by atoms with Crippen LogP contribution in [0.2, 0.25) is 0 Å². The van der Waals surface area contributed by atoms with Crippen LogP contribution >= 0.6 is 11.8 Å². The molecule has 1 aliphatic rings. The molecule has 6 heteroatoms. The number of imide groups is 1. The normalized spacial score (nSPS) is 15.8. The van der Waals surface area contributed by atoms with Gasteiger partial charge in [0.05, 0.1) is 23.8 Å². The van der Waals surface area contributed by atoms with Gasteiger partial charge in [0, 0.05) is 0 Å². The number of benzene rings is 2. The highest BCUT2D eigenvalue weighted by molar-refractivity contribution is 8.19. The molecule has 0 radical (unpaired) electrons. The number of carbonyl (C=O) groups excluding carboxylic acids is 2. The van der Waals surface area contributed by atoms with E-state index in [1.807, 2.05) is 26.0 Å². The zero-order chi connectivity index (χ0) is 18.7. The molecule has 1 heterocycles. The molecule has 0 bridgehead atoms. The van der Waals surface area contributed by atoms with E-state index in [9.17, 15) is 9.59 Å². The molecule has 1 saturated heterocycles. The van der Waals surface area contributed by atoms with Crippen molar-refractivity contribution in [2.24, 2.45) is 0 Å². The van der Waals surface area contributed by atoms with Crippen molar-refractivity contribution in [3.8, 4) is 11.5 Å². The lowest BCUT2D eigenvalue weighted by Gasteiger charge is -2.14. The zero-order valence-electron chi connectivity index (χ0n) is 14.8. The van der Waals surface area contributed by atoms with Gasteiger partial charge in [-0.25, -0.2) is 4.90 Å². The lowest BCUT2D eigenvalue weighted by Crippen LogP contribution is -2.27. The maximum absolute atomic E-state index is 12.6. The van der Waals surface area contributed by atoms with Crippen LogP contribution < -0.4 is 14.4 Å². The molecule has 2 aromatic rings. The predicted octanol–water partition coefficient (Wildman–Crippen LogP) is 4.72. The van der Waals surface area contributed by atoms with E-state index in [4.69, 9.17) is 9.47 Å². The number of nitrogens with zero attached hydrogens (tertiary/aromatic N) is 1. The molecular formula is C20H19NO4S. The Morgan fingerprint density at radius 3 is 2.42 bits per heavy atom. The van der Waals surface area contributed by atoms with E-state index >= 15 is 0 Å². The van der Waals surface area contributed by atoms with Crippen molar-refractivity contribution >= 4 is 34.7 Å². The first kappa shape index (κ1) is 18.1. The van der Waals surface area contributed by atoms with E-state index < -0.39 is 0 Å². The number of anilines is 1. The van der Waals surface area contributed by atoms with Gasteiger partial charge in [-0.2, -0.15) is 0 Å². The Morgan fingerprint density at radius 1 is 1.04 bits per heavy atom. The number of hydrogen-bond donors (Lipinski definition) is 0. The van der Waals surface area contributed by atoms with Gasteiger partial charge in [0.2, 0.25) is 0 Å². The Bertz CT molecular complexity index is 861. The third-order valence-electron chi connectivity index (χ3n) is 3.66. The number of para-hydroxylation sites is 1. The van der Waals surface area contributed by atoms with E-state index in [0.29, 0.717) is 22.1 Å². The Hall–Kier alpha value is -2.73. The van der Waals surface area contributed by atoms with Crippen molar-refractivity contribution in [1.82, 2.24) is 0 Å². The Balaban J connectivity index is 1.89. The van der Waals surface area contributed by atoms with Crippen LogP contribution in [0.15, 0.2) is 53.4 Å². The van der Waals surface area contributed by atoms with Crippen molar-refractivity contribution in [3.63, 3.8) is 0 Å². The summed E-state index contributed by atoms with van der Waals surface area (Å²) >= 11 is 0.926. The maximum atomic E-state index is 12.6. The van der Waals surface area contributed by atoms with Gasteiger partial charge in [-0.15, -0.1) is 0 Å². The fourth-order valence-electron chi connectivity index (χ4n) is 2.54. The highest BCUT2D eigenvalue weighted by atomic mass is 32.2. The zero-order valence-corrected chi connectivity index (χ0v) is 15.6. The molecule has 0 atom stereocenters. The largest absolute Gasteiger partial charge is 0.493 e. The van der Waals surface area contributed by atoms with Crippen LogP contribution in [0.3, 0.4) is 0 Å². The molecule has 1 fully saturated rings. The van der Waals surface area contributed by atoms with E-state index in [0.717, 1.165) is 17.3 Å². The third kappa shape index (κ3) is 3.75. The summed E-state index contributed by atoms with van der Waals surface area (Å²) in [6.45, 7) is 3.87. The quantitative estimate of drug-likeness (QED) is 0.714. The van der Waals surface area contributed by atoms with Gasteiger partial charge in [0.1, 0.15) is 0 Å². The number of methoxy groups -OCH3 is 1. The SMILES string of the molecule is COc1cc(/C=C2/SC(=O)N(c3ccccc3)C2=O)ccc1OC(C)C. The van der Waals surface area contributed by atoms with E-state index in [1.165, 1.54) is 4.90 Å². The molecule has 0 aliphatic carbocycles. The molecular weight excluding hydrogens is 350 g/mol. The molecule has 134 valence electrons. The van der Waals surface area contributed by atoms with Gasteiger partial charge in [-0.05, 0) is 61.5 Å². The minimum Gasteiger partial charge on any atom is -0.493 e. The van der Waals surface area contributed by atoms with Gasteiger partial charge in [-0.3, -0.25) is 9.59 Å². The standard InChI is InChI=1S/C20H19NO4S/c1-13(2)25-16-10-9-14(11-17(16)24-3)12-18-19(22)21(20(23)26-18)15-7-5-4-6-8-15/h4-13H,1-3H3/b18-12+. The highest BCUT2D eigenvalue weighted by Crippen LogP contribution is 2.37. The molecule has 5 nitrogen and oxygen atoms in total. The van der Waals surface area contributed by atoms with E-state index in [-0.39, 0.29) is 17.3 Å². The average Bonchev–Trinajstić information content (AvgIpc) is 2.90. The summed E-state index contributed by atoms with van der Waals surface area (Å²) in [7, 11) is 1.57. The number of amides is 2. The van der Waals surface area contributed by atoms with Gasteiger partial charge in [-0.1, -0.05) is 24.3 Å². The number of thioether (sulfide) groups is 1. The first-order valence-electron chi connectivity index (χ1n) is 8.17. The van der Waals surface area contributed by atoms with Gasteiger partial charge in [0.15, 0.2) is 11.5 Å². The van der Waals surface area contributed by atoms with Crippen LogP contribution in [0, 0.1) is 0 Å². The Labute approximate surface area is 156 Å². The second kappa shape index (κ2) is 7.66. The Kier molecular flexibility index (Phi) is 5.32. The van der Waals surface area contributed by atoms with Gasteiger partial charge < -0.3 is 9.47 Å². The number of rotatable bonds is 5. The summed E-state index contributed by atoms with van der Waals surface area (Å²) in [6, 6.07) is 14.3.